The van der Waals surface area contributed by atoms with E-state index in [2.05, 4.69) is 36.5 Å². The van der Waals surface area contributed by atoms with Crippen molar-refractivity contribution in [2.24, 2.45) is 0 Å². The monoisotopic (exact) mass is 257 g/mol. The summed E-state index contributed by atoms with van der Waals surface area (Å²) in [6, 6.07) is 13.6. The quantitative estimate of drug-likeness (QED) is 0.874. The first kappa shape index (κ1) is 13.8. The van der Waals surface area contributed by atoms with E-state index in [-0.39, 0.29) is 11.9 Å². The Kier molecular flexibility index (Phi) is 4.33. The van der Waals surface area contributed by atoms with E-state index in [9.17, 15) is 4.39 Å². The lowest BCUT2D eigenvalue weighted by molar-refractivity contribution is 0.582. The van der Waals surface area contributed by atoms with Crippen LogP contribution < -0.4 is 5.32 Å². The predicted molar refractivity (Wildman–Crippen MR) is 77.8 cm³/mol. The van der Waals surface area contributed by atoms with E-state index in [4.69, 9.17) is 0 Å². The minimum absolute atomic E-state index is 0.167. The first-order valence-electron chi connectivity index (χ1n) is 6.59. The third-order valence-electron chi connectivity index (χ3n) is 3.53. The maximum absolute atomic E-state index is 13.3. The van der Waals surface area contributed by atoms with Gasteiger partial charge in [0.15, 0.2) is 0 Å². The molecule has 0 saturated carbocycles. The summed E-state index contributed by atoms with van der Waals surface area (Å²) in [6.45, 7) is 4.11. The van der Waals surface area contributed by atoms with Crippen molar-refractivity contribution in [3.8, 4) is 0 Å². The van der Waals surface area contributed by atoms with Gasteiger partial charge in [-0.05, 0) is 56.1 Å². The molecule has 0 bridgehead atoms. The van der Waals surface area contributed by atoms with Gasteiger partial charge < -0.3 is 5.32 Å². The van der Waals surface area contributed by atoms with Crippen molar-refractivity contribution in [2.45, 2.75) is 26.3 Å². The average molecular weight is 257 g/mol. The highest BCUT2D eigenvalue weighted by molar-refractivity contribution is 5.31. The number of hydrogen-bond donors (Lipinski definition) is 1. The summed E-state index contributed by atoms with van der Waals surface area (Å²) in [6.07, 6.45) is 0.795. The molecule has 0 aliphatic rings. The minimum atomic E-state index is -0.167. The fourth-order valence-corrected chi connectivity index (χ4v) is 2.35. The van der Waals surface area contributed by atoms with E-state index in [0.29, 0.717) is 0 Å². The van der Waals surface area contributed by atoms with E-state index >= 15 is 0 Å². The van der Waals surface area contributed by atoms with Gasteiger partial charge in [-0.15, -0.1) is 0 Å². The summed E-state index contributed by atoms with van der Waals surface area (Å²) in [4.78, 5) is 0. The Hall–Kier alpha value is -1.67. The van der Waals surface area contributed by atoms with Crippen LogP contribution in [-0.2, 0) is 6.42 Å². The van der Waals surface area contributed by atoms with Crippen molar-refractivity contribution >= 4 is 0 Å². The highest BCUT2D eigenvalue weighted by atomic mass is 19.1. The normalized spacial score (nSPS) is 12.4. The van der Waals surface area contributed by atoms with Crippen molar-refractivity contribution in [2.75, 3.05) is 7.05 Å². The highest BCUT2D eigenvalue weighted by Gasteiger charge is 2.12. The third-order valence-corrected chi connectivity index (χ3v) is 3.53. The number of nitrogens with one attached hydrogen (secondary N) is 1. The van der Waals surface area contributed by atoms with Gasteiger partial charge in [0.25, 0.3) is 0 Å². The Morgan fingerprint density at radius 1 is 1.11 bits per heavy atom. The number of rotatable bonds is 4. The summed E-state index contributed by atoms with van der Waals surface area (Å²) < 4.78 is 13.3. The largest absolute Gasteiger partial charge is 0.313 e. The van der Waals surface area contributed by atoms with Gasteiger partial charge in [-0.1, -0.05) is 35.9 Å². The van der Waals surface area contributed by atoms with Crippen LogP contribution in [0.4, 0.5) is 4.39 Å². The van der Waals surface area contributed by atoms with Gasteiger partial charge in [0.1, 0.15) is 5.82 Å². The number of benzene rings is 2. The lowest BCUT2D eigenvalue weighted by atomic mass is 9.95. The zero-order valence-corrected chi connectivity index (χ0v) is 11.7. The van der Waals surface area contributed by atoms with Crippen molar-refractivity contribution in [1.82, 2.24) is 5.32 Å². The lowest BCUT2D eigenvalue weighted by Gasteiger charge is -2.18. The zero-order chi connectivity index (χ0) is 13.8. The van der Waals surface area contributed by atoms with Crippen molar-refractivity contribution in [1.29, 1.82) is 0 Å². The molecule has 0 saturated heterocycles. The molecule has 0 spiro atoms. The van der Waals surface area contributed by atoms with Gasteiger partial charge in [-0.2, -0.15) is 0 Å². The Bertz CT molecular complexity index is 563. The minimum Gasteiger partial charge on any atom is -0.313 e. The molecule has 1 atom stereocenters. The molecule has 0 radical (unpaired) electrons. The van der Waals surface area contributed by atoms with Gasteiger partial charge >= 0.3 is 0 Å². The molecule has 0 heterocycles. The van der Waals surface area contributed by atoms with Crippen LogP contribution in [0.5, 0.6) is 0 Å². The molecule has 0 amide bonds. The second kappa shape index (κ2) is 5.98. The molecule has 0 aliphatic heterocycles. The molecule has 1 unspecified atom stereocenters. The number of aryl methyl sites for hydroxylation is 2. The smallest absolute Gasteiger partial charge is 0.123 e. The summed E-state index contributed by atoms with van der Waals surface area (Å²) >= 11 is 0. The SMILES string of the molecule is CNC(Cc1cc(F)ccc1C)c1cccc(C)c1. The second-order valence-corrected chi connectivity index (χ2v) is 5.03. The molecule has 0 aliphatic carbocycles. The molecule has 100 valence electrons. The van der Waals surface area contributed by atoms with Crippen LogP contribution in [0.2, 0.25) is 0 Å². The van der Waals surface area contributed by atoms with E-state index in [1.807, 2.05) is 20.0 Å². The topological polar surface area (TPSA) is 12.0 Å². The molecule has 0 aromatic heterocycles. The molecular formula is C17H20FN. The van der Waals surface area contributed by atoms with Gasteiger partial charge in [0.2, 0.25) is 0 Å². The van der Waals surface area contributed by atoms with Crippen molar-refractivity contribution in [3.63, 3.8) is 0 Å². The van der Waals surface area contributed by atoms with Crippen molar-refractivity contribution < 1.29 is 4.39 Å². The first-order chi connectivity index (χ1) is 9.10. The van der Waals surface area contributed by atoms with Crippen LogP contribution in [0.15, 0.2) is 42.5 Å². The standard InChI is InChI=1S/C17H20FN/c1-12-5-4-6-14(9-12)17(19-3)11-15-10-16(18)8-7-13(15)2/h4-10,17,19H,11H2,1-3H3. The average Bonchev–Trinajstić information content (AvgIpc) is 2.39. The Morgan fingerprint density at radius 2 is 1.89 bits per heavy atom. The van der Waals surface area contributed by atoms with Crippen LogP contribution in [0.25, 0.3) is 0 Å². The van der Waals surface area contributed by atoms with Gasteiger partial charge in [0.05, 0.1) is 0 Å². The number of likely N-dealkylation sites (N-methyl/N-ethyl adjacent to an activating group) is 1. The fourth-order valence-electron chi connectivity index (χ4n) is 2.35. The zero-order valence-electron chi connectivity index (χ0n) is 11.7. The molecule has 2 rings (SSSR count). The summed E-state index contributed by atoms with van der Waals surface area (Å²) in [5, 5.41) is 3.32. The molecular weight excluding hydrogens is 237 g/mol. The Labute approximate surface area is 114 Å². The Morgan fingerprint density at radius 3 is 2.58 bits per heavy atom. The summed E-state index contributed by atoms with van der Waals surface area (Å²) in [7, 11) is 1.95. The number of hydrogen-bond acceptors (Lipinski definition) is 1. The van der Waals surface area contributed by atoms with E-state index in [1.54, 1.807) is 6.07 Å². The first-order valence-corrected chi connectivity index (χ1v) is 6.59. The molecule has 1 N–H and O–H groups in total. The summed E-state index contributed by atoms with van der Waals surface area (Å²) in [5.41, 5.74) is 4.68. The molecule has 2 aromatic carbocycles. The number of halogens is 1. The van der Waals surface area contributed by atoms with Gasteiger partial charge in [-0.25, -0.2) is 4.39 Å². The van der Waals surface area contributed by atoms with Crippen LogP contribution >= 0.6 is 0 Å². The fraction of sp³-hybridized carbons (Fsp3) is 0.294. The van der Waals surface area contributed by atoms with Crippen LogP contribution in [0, 0.1) is 19.7 Å². The van der Waals surface area contributed by atoms with Crippen molar-refractivity contribution in [3.05, 3.63) is 70.5 Å². The molecule has 2 heteroatoms. The van der Waals surface area contributed by atoms with Crippen LogP contribution in [-0.4, -0.2) is 7.05 Å². The van der Waals surface area contributed by atoms with Crippen LogP contribution in [0.1, 0.15) is 28.3 Å². The second-order valence-electron chi connectivity index (χ2n) is 5.03. The van der Waals surface area contributed by atoms with E-state index < -0.39 is 0 Å². The maximum Gasteiger partial charge on any atom is 0.123 e. The van der Waals surface area contributed by atoms with Crippen LogP contribution in [0.3, 0.4) is 0 Å². The molecule has 2 aromatic rings. The van der Waals surface area contributed by atoms with E-state index in [1.165, 1.54) is 17.2 Å². The molecule has 19 heavy (non-hydrogen) atoms. The lowest BCUT2D eigenvalue weighted by Crippen LogP contribution is -2.19. The maximum atomic E-state index is 13.3. The summed E-state index contributed by atoms with van der Waals surface area (Å²) in [5.74, 6) is -0.167. The van der Waals surface area contributed by atoms with Gasteiger partial charge in [-0.3, -0.25) is 0 Å². The highest BCUT2D eigenvalue weighted by Crippen LogP contribution is 2.21. The Balaban J connectivity index is 2.26. The molecule has 0 fully saturated rings. The predicted octanol–water partition coefficient (Wildman–Crippen LogP) is 3.95. The van der Waals surface area contributed by atoms with E-state index in [0.717, 1.165) is 17.5 Å². The molecule has 1 nitrogen and oxygen atoms in total. The van der Waals surface area contributed by atoms with Gasteiger partial charge in [0, 0.05) is 6.04 Å². The third kappa shape index (κ3) is 3.42.